The number of hydrogen-bond acceptors (Lipinski definition) is 5. The summed E-state index contributed by atoms with van der Waals surface area (Å²) >= 11 is 1.11. The van der Waals surface area contributed by atoms with Crippen LogP contribution < -0.4 is 4.90 Å². The van der Waals surface area contributed by atoms with E-state index in [0.717, 1.165) is 17.1 Å². The Hall–Kier alpha value is -1.82. The Morgan fingerprint density at radius 1 is 1.56 bits per heavy atom. The molecule has 0 aromatic carbocycles. The molecule has 1 N–H and O–H groups in total. The average molecular weight is 238 g/mol. The van der Waals surface area contributed by atoms with Crippen molar-refractivity contribution < 1.29 is 14.3 Å². The highest BCUT2D eigenvalue weighted by Crippen LogP contribution is 2.29. The zero-order valence-electron chi connectivity index (χ0n) is 8.80. The highest BCUT2D eigenvalue weighted by atomic mass is 32.1. The maximum atomic E-state index is 10.7. The molecule has 16 heavy (non-hydrogen) atoms. The molecular formula is C10H10N2O3S. The Morgan fingerprint density at radius 3 is 2.81 bits per heavy atom. The van der Waals surface area contributed by atoms with Crippen LogP contribution in [0.4, 0.5) is 11.0 Å². The van der Waals surface area contributed by atoms with Crippen molar-refractivity contribution in [3.8, 4) is 0 Å². The van der Waals surface area contributed by atoms with Gasteiger partial charge >= 0.3 is 5.97 Å². The molecule has 2 aromatic rings. The van der Waals surface area contributed by atoms with Crippen molar-refractivity contribution in [1.82, 2.24) is 4.98 Å². The van der Waals surface area contributed by atoms with Crippen LogP contribution >= 0.6 is 11.3 Å². The molecule has 0 amide bonds. The first-order chi connectivity index (χ1) is 7.58. The van der Waals surface area contributed by atoms with Crippen LogP contribution in [0.3, 0.4) is 0 Å². The number of hydrogen-bond donors (Lipinski definition) is 1. The van der Waals surface area contributed by atoms with Crippen LogP contribution in [0.15, 0.2) is 22.7 Å². The summed E-state index contributed by atoms with van der Waals surface area (Å²) in [6, 6.07) is 3.66. The molecule has 0 aliphatic heterocycles. The summed E-state index contributed by atoms with van der Waals surface area (Å²) in [5, 5.41) is 9.37. The lowest BCUT2D eigenvalue weighted by Crippen LogP contribution is -2.07. The maximum Gasteiger partial charge on any atom is 0.347 e. The molecule has 5 nitrogen and oxygen atoms in total. The van der Waals surface area contributed by atoms with Gasteiger partial charge in [0.05, 0.1) is 6.20 Å². The van der Waals surface area contributed by atoms with Crippen molar-refractivity contribution in [2.24, 2.45) is 0 Å². The van der Waals surface area contributed by atoms with Crippen molar-refractivity contribution in [2.75, 3.05) is 11.9 Å². The number of rotatable bonds is 3. The Balaban J connectivity index is 2.26. The summed E-state index contributed by atoms with van der Waals surface area (Å²) in [5.41, 5.74) is 0. The predicted octanol–water partition coefficient (Wildman–Crippen LogP) is 2.51. The minimum absolute atomic E-state index is 0.213. The first-order valence-electron chi connectivity index (χ1n) is 4.57. The average Bonchev–Trinajstić information content (AvgIpc) is 2.84. The molecule has 0 radical (unpaired) electrons. The minimum Gasteiger partial charge on any atom is -0.477 e. The van der Waals surface area contributed by atoms with E-state index in [0.29, 0.717) is 11.0 Å². The number of anilines is 2. The van der Waals surface area contributed by atoms with Gasteiger partial charge in [0.2, 0.25) is 5.88 Å². The third-order valence-electron chi connectivity index (χ3n) is 2.05. The van der Waals surface area contributed by atoms with Crippen LogP contribution in [0.25, 0.3) is 0 Å². The van der Waals surface area contributed by atoms with Crippen LogP contribution in [0.5, 0.6) is 0 Å². The van der Waals surface area contributed by atoms with E-state index in [1.165, 1.54) is 6.20 Å². The summed E-state index contributed by atoms with van der Waals surface area (Å²) in [6.45, 7) is 1.85. The topological polar surface area (TPSA) is 66.6 Å². The largest absolute Gasteiger partial charge is 0.477 e. The third kappa shape index (κ3) is 1.92. The highest BCUT2D eigenvalue weighted by molar-refractivity contribution is 7.17. The molecule has 0 saturated carbocycles. The second kappa shape index (κ2) is 3.97. The van der Waals surface area contributed by atoms with Gasteiger partial charge in [0.1, 0.15) is 10.6 Å². The number of carboxylic acid groups (broad SMARTS) is 1. The number of carboxylic acids is 1. The Labute approximate surface area is 96.0 Å². The second-order valence-corrected chi connectivity index (χ2v) is 4.26. The Bertz CT molecular complexity index is 518. The molecule has 0 aliphatic carbocycles. The maximum absolute atomic E-state index is 10.7. The summed E-state index contributed by atoms with van der Waals surface area (Å²) < 4.78 is 5.41. The number of carbonyl (C=O) groups is 1. The first kappa shape index (κ1) is 10.7. The van der Waals surface area contributed by atoms with E-state index in [9.17, 15) is 4.79 Å². The van der Waals surface area contributed by atoms with Crippen LogP contribution in [0.2, 0.25) is 0 Å². The fraction of sp³-hybridized carbons (Fsp3) is 0.200. The van der Waals surface area contributed by atoms with Gasteiger partial charge in [-0.2, -0.15) is 0 Å². The van der Waals surface area contributed by atoms with E-state index >= 15 is 0 Å². The van der Waals surface area contributed by atoms with Crippen molar-refractivity contribution in [3.05, 3.63) is 29.0 Å². The summed E-state index contributed by atoms with van der Waals surface area (Å²) in [6.07, 6.45) is 1.34. The third-order valence-corrected chi connectivity index (χ3v) is 3.11. The van der Waals surface area contributed by atoms with Crippen LogP contribution in [-0.4, -0.2) is 23.1 Å². The second-order valence-electron chi connectivity index (χ2n) is 3.26. The minimum atomic E-state index is -0.965. The number of furan rings is 1. The molecule has 6 heteroatoms. The quantitative estimate of drug-likeness (QED) is 0.889. The SMILES string of the molecule is Cc1ccc(N(C)c2ncc(C(=O)O)s2)o1. The van der Waals surface area contributed by atoms with Crippen LogP contribution in [0.1, 0.15) is 15.4 Å². The molecule has 2 aromatic heterocycles. The van der Waals surface area contributed by atoms with Crippen molar-refractivity contribution in [3.63, 3.8) is 0 Å². The van der Waals surface area contributed by atoms with E-state index in [-0.39, 0.29) is 4.88 Å². The monoisotopic (exact) mass is 238 g/mol. The molecule has 0 aliphatic rings. The van der Waals surface area contributed by atoms with E-state index < -0.39 is 5.97 Å². The van der Waals surface area contributed by atoms with Crippen molar-refractivity contribution in [2.45, 2.75) is 6.92 Å². The number of thiazole rings is 1. The van der Waals surface area contributed by atoms with Crippen LogP contribution in [-0.2, 0) is 0 Å². The summed E-state index contributed by atoms with van der Waals surface area (Å²) in [7, 11) is 1.78. The van der Waals surface area contributed by atoms with Gasteiger partial charge in [0, 0.05) is 13.1 Å². The van der Waals surface area contributed by atoms with E-state index in [1.807, 2.05) is 19.1 Å². The molecule has 0 spiro atoms. The molecule has 2 rings (SSSR count). The number of aryl methyl sites for hydroxylation is 1. The van der Waals surface area contributed by atoms with Gasteiger partial charge in [-0.05, 0) is 13.0 Å². The molecule has 0 atom stereocenters. The Morgan fingerprint density at radius 2 is 2.31 bits per heavy atom. The smallest absolute Gasteiger partial charge is 0.347 e. The molecule has 2 heterocycles. The normalized spacial score (nSPS) is 10.4. The number of aromatic carboxylic acids is 1. The molecule has 0 bridgehead atoms. The molecule has 0 saturated heterocycles. The molecule has 0 unspecified atom stereocenters. The number of aromatic nitrogens is 1. The van der Waals surface area contributed by atoms with Gasteiger partial charge in [0.25, 0.3) is 0 Å². The van der Waals surface area contributed by atoms with Crippen molar-refractivity contribution >= 4 is 28.3 Å². The lowest BCUT2D eigenvalue weighted by molar-refractivity contribution is 0.0702. The zero-order chi connectivity index (χ0) is 11.7. The van der Waals surface area contributed by atoms with Gasteiger partial charge in [-0.3, -0.25) is 4.90 Å². The fourth-order valence-corrected chi connectivity index (χ4v) is 1.94. The standard InChI is InChI=1S/C10H10N2O3S/c1-6-3-4-8(15-6)12(2)10-11-5-7(16-10)9(13)14/h3-5H,1-2H3,(H,13,14). The fourth-order valence-electron chi connectivity index (χ4n) is 1.22. The number of nitrogens with zero attached hydrogens (tertiary/aromatic N) is 2. The lowest BCUT2D eigenvalue weighted by Gasteiger charge is -2.11. The lowest BCUT2D eigenvalue weighted by atomic mass is 10.5. The van der Waals surface area contributed by atoms with Gasteiger partial charge in [-0.15, -0.1) is 0 Å². The highest BCUT2D eigenvalue weighted by Gasteiger charge is 2.14. The van der Waals surface area contributed by atoms with Gasteiger partial charge < -0.3 is 9.52 Å². The summed E-state index contributed by atoms with van der Waals surface area (Å²) in [5.74, 6) is 0.480. The van der Waals surface area contributed by atoms with Gasteiger partial charge in [-0.25, -0.2) is 9.78 Å². The summed E-state index contributed by atoms with van der Waals surface area (Å²) in [4.78, 5) is 16.7. The first-order valence-corrected chi connectivity index (χ1v) is 5.39. The zero-order valence-corrected chi connectivity index (χ0v) is 9.61. The van der Waals surface area contributed by atoms with Gasteiger partial charge in [-0.1, -0.05) is 11.3 Å². The van der Waals surface area contributed by atoms with E-state index in [2.05, 4.69) is 4.98 Å². The van der Waals surface area contributed by atoms with Crippen molar-refractivity contribution in [1.29, 1.82) is 0 Å². The Kier molecular flexibility index (Phi) is 2.66. The van der Waals surface area contributed by atoms with E-state index in [4.69, 9.17) is 9.52 Å². The molecular weight excluding hydrogens is 228 g/mol. The predicted molar refractivity (Wildman–Crippen MR) is 60.6 cm³/mol. The molecule has 0 fully saturated rings. The van der Waals surface area contributed by atoms with Crippen LogP contribution in [0, 0.1) is 6.92 Å². The van der Waals surface area contributed by atoms with Gasteiger partial charge in [0.15, 0.2) is 5.13 Å². The van der Waals surface area contributed by atoms with E-state index in [1.54, 1.807) is 11.9 Å². The molecule has 84 valence electrons.